The maximum Gasteiger partial charge on any atom is 0.263 e. The van der Waals surface area contributed by atoms with Crippen molar-refractivity contribution in [2.45, 2.75) is 25.4 Å². The number of amides is 3. The van der Waals surface area contributed by atoms with E-state index in [1.807, 2.05) is 22.4 Å². The SMILES string of the molecule is COc1cccc(C(=O)N[C@H](C(=O)NCc2ccco2)C2CCN(C(=O)c3cccs3)CC2)c1. The summed E-state index contributed by atoms with van der Waals surface area (Å²) in [6.07, 6.45) is 2.76. The van der Waals surface area contributed by atoms with Crippen molar-refractivity contribution in [2.24, 2.45) is 5.92 Å². The number of carbonyl (C=O) groups excluding carboxylic acids is 3. The largest absolute Gasteiger partial charge is 0.497 e. The van der Waals surface area contributed by atoms with E-state index in [0.717, 1.165) is 0 Å². The predicted octanol–water partition coefficient (Wildman–Crippen LogP) is 3.32. The zero-order valence-corrected chi connectivity index (χ0v) is 19.7. The van der Waals surface area contributed by atoms with E-state index in [1.54, 1.807) is 42.7 Å². The quantitative estimate of drug-likeness (QED) is 0.514. The second-order valence-corrected chi connectivity index (χ2v) is 9.03. The van der Waals surface area contributed by atoms with Gasteiger partial charge in [0, 0.05) is 18.7 Å². The van der Waals surface area contributed by atoms with Crippen LogP contribution in [0.1, 0.15) is 38.6 Å². The van der Waals surface area contributed by atoms with E-state index in [9.17, 15) is 14.4 Å². The summed E-state index contributed by atoms with van der Waals surface area (Å²) in [5.74, 6) is 0.450. The summed E-state index contributed by atoms with van der Waals surface area (Å²) in [6, 6.07) is 13.3. The lowest BCUT2D eigenvalue weighted by atomic mass is 9.88. The highest BCUT2D eigenvalue weighted by Crippen LogP contribution is 2.24. The minimum Gasteiger partial charge on any atom is -0.497 e. The molecule has 1 aliphatic rings. The Bertz CT molecular complexity index is 1110. The standard InChI is InChI=1S/C25H27N3O5S/c1-32-19-6-2-5-18(15-19)23(29)27-22(24(30)26-16-20-7-3-13-33-20)17-9-11-28(12-10-17)25(31)21-8-4-14-34-21/h2-8,13-15,17,22H,9-12,16H2,1H3,(H,26,30)(H,27,29)/t22-/m0/s1. The van der Waals surface area contributed by atoms with E-state index in [1.165, 1.54) is 18.4 Å². The molecule has 0 aliphatic carbocycles. The van der Waals surface area contributed by atoms with Crippen LogP contribution in [0, 0.1) is 5.92 Å². The molecule has 0 spiro atoms. The molecule has 3 heterocycles. The average Bonchev–Trinajstić information content (AvgIpc) is 3.60. The van der Waals surface area contributed by atoms with Gasteiger partial charge < -0.3 is 24.7 Å². The highest BCUT2D eigenvalue weighted by Gasteiger charge is 2.34. The molecule has 3 aromatic rings. The van der Waals surface area contributed by atoms with Gasteiger partial charge in [0.15, 0.2) is 0 Å². The van der Waals surface area contributed by atoms with Crippen LogP contribution in [0.5, 0.6) is 5.75 Å². The Kier molecular flexibility index (Phi) is 7.64. The van der Waals surface area contributed by atoms with E-state index in [2.05, 4.69) is 10.6 Å². The Morgan fingerprint density at radius 1 is 1.15 bits per heavy atom. The molecule has 8 nitrogen and oxygen atoms in total. The second kappa shape index (κ2) is 11.0. The van der Waals surface area contributed by atoms with Gasteiger partial charge in [-0.3, -0.25) is 14.4 Å². The van der Waals surface area contributed by atoms with Crippen molar-refractivity contribution in [1.82, 2.24) is 15.5 Å². The molecule has 3 amide bonds. The number of nitrogens with one attached hydrogen (secondary N) is 2. The fourth-order valence-electron chi connectivity index (χ4n) is 4.08. The molecule has 1 fully saturated rings. The van der Waals surface area contributed by atoms with Gasteiger partial charge in [0.1, 0.15) is 17.6 Å². The van der Waals surface area contributed by atoms with E-state index in [4.69, 9.17) is 9.15 Å². The van der Waals surface area contributed by atoms with Gasteiger partial charge in [-0.15, -0.1) is 11.3 Å². The van der Waals surface area contributed by atoms with Crippen molar-refractivity contribution < 1.29 is 23.5 Å². The van der Waals surface area contributed by atoms with E-state index >= 15 is 0 Å². The number of rotatable bonds is 8. The summed E-state index contributed by atoms with van der Waals surface area (Å²) in [7, 11) is 1.53. The van der Waals surface area contributed by atoms with Gasteiger partial charge in [0.2, 0.25) is 5.91 Å². The Labute approximate surface area is 201 Å². The van der Waals surface area contributed by atoms with E-state index in [0.29, 0.717) is 47.9 Å². The van der Waals surface area contributed by atoms with Crippen LogP contribution in [0.15, 0.2) is 64.6 Å². The van der Waals surface area contributed by atoms with Gasteiger partial charge in [0.25, 0.3) is 11.8 Å². The van der Waals surface area contributed by atoms with E-state index in [-0.39, 0.29) is 30.2 Å². The number of piperidine rings is 1. The Morgan fingerprint density at radius 2 is 1.97 bits per heavy atom. The third-order valence-electron chi connectivity index (χ3n) is 5.95. The third-order valence-corrected chi connectivity index (χ3v) is 6.81. The maximum absolute atomic E-state index is 13.2. The highest BCUT2D eigenvalue weighted by atomic mass is 32.1. The zero-order valence-electron chi connectivity index (χ0n) is 18.9. The second-order valence-electron chi connectivity index (χ2n) is 8.09. The van der Waals surface area contributed by atoms with Crippen LogP contribution in [-0.4, -0.2) is 48.9 Å². The molecule has 0 saturated carbocycles. The molecule has 0 unspecified atom stereocenters. The minimum atomic E-state index is -0.743. The van der Waals surface area contributed by atoms with Crippen LogP contribution in [0.25, 0.3) is 0 Å². The van der Waals surface area contributed by atoms with Crippen molar-refractivity contribution in [2.75, 3.05) is 20.2 Å². The molecule has 34 heavy (non-hydrogen) atoms. The number of thiophene rings is 1. The summed E-state index contributed by atoms with van der Waals surface area (Å²) < 4.78 is 10.5. The molecule has 0 bridgehead atoms. The van der Waals surface area contributed by atoms with Crippen molar-refractivity contribution in [1.29, 1.82) is 0 Å². The summed E-state index contributed by atoms with van der Waals surface area (Å²) in [5, 5.41) is 7.67. The number of likely N-dealkylation sites (tertiary alicyclic amines) is 1. The third kappa shape index (κ3) is 5.66. The molecule has 1 aliphatic heterocycles. The van der Waals surface area contributed by atoms with Gasteiger partial charge in [-0.25, -0.2) is 0 Å². The molecule has 1 atom stereocenters. The highest BCUT2D eigenvalue weighted by molar-refractivity contribution is 7.12. The number of hydrogen-bond donors (Lipinski definition) is 2. The number of furan rings is 1. The first-order valence-electron chi connectivity index (χ1n) is 11.1. The Balaban J connectivity index is 1.45. The van der Waals surface area contributed by atoms with Crippen LogP contribution in [0.3, 0.4) is 0 Å². The molecule has 2 N–H and O–H groups in total. The predicted molar refractivity (Wildman–Crippen MR) is 128 cm³/mol. The number of benzene rings is 1. The number of hydrogen-bond acceptors (Lipinski definition) is 6. The smallest absolute Gasteiger partial charge is 0.263 e. The topological polar surface area (TPSA) is 101 Å². The minimum absolute atomic E-state index is 0.00712. The van der Waals surface area contributed by atoms with Crippen molar-refractivity contribution in [3.8, 4) is 5.75 Å². The van der Waals surface area contributed by atoms with Crippen molar-refractivity contribution in [3.05, 3.63) is 76.4 Å². The molecule has 1 saturated heterocycles. The Morgan fingerprint density at radius 3 is 2.65 bits per heavy atom. The number of ether oxygens (including phenoxy) is 1. The van der Waals surface area contributed by atoms with Crippen molar-refractivity contribution >= 4 is 29.1 Å². The molecule has 9 heteroatoms. The lowest BCUT2D eigenvalue weighted by Crippen LogP contribution is -2.53. The molecule has 4 rings (SSSR count). The lowest BCUT2D eigenvalue weighted by molar-refractivity contribution is -0.124. The number of nitrogens with zero attached hydrogens (tertiary/aromatic N) is 1. The van der Waals surface area contributed by atoms with Crippen LogP contribution in [0.4, 0.5) is 0 Å². The normalized spacial score (nSPS) is 14.9. The summed E-state index contributed by atoms with van der Waals surface area (Å²) in [5.41, 5.74) is 0.411. The van der Waals surface area contributed by atoms with E-state index < -0.39 is 6.04 Å². The number of methoxy groups -OCH3 is 1. The first-order chi connectivity index (χ1) is 16.5. The zero-order chi connectivity index (χ0) is 23.9. The van der Waals surface area contributed by atoms with Crippen LogP contribution < -0.4 is 15.4 Å². The van der Waals surface area contributed by atoms with Crippen LogP contribution >= 0.6 is 11.3 Å². The molecule has 178 valence electrons. The fourth-order valence-corrected chi connectivity index (χ4v) is 4.77. The first-order valence-corrected chi connectivity index (χ1v) is 12.0. The molecule has 0 radical (unpaired) electrons. The fraction of sp³-hybridized carbons (Fsp3) is 0.320. The lowest BCUT2D eigenvalue weighted by Gasteiger charge is -2.35. The van der Waals surface area contributed by atoms with Crippen molar-refractivity contribution in [3.63, 3.8) is 0 Å². The summed E-state index contributed by atoms with van der Waals surface area (Å²) in [4.78, 5) is 41.4. The first kappa shape index (κ1) is 23.6. The van der Waals surface area contributed by atoms with Gasteiger partial charge in [0.05, 0.1) is 24.8 Å². The maximum atomic E-state index is 13.2. The van der Waals surface area contributed by atoms with Gasteiger partial charge in [-0.05, 0) is 60.5 Å². The van der Waals surface area contributed by atoms with Gasteiger partial charge in [-0.1, -0.05) is 12.1 Å². The van der Waals surface area contributed by atoms with Crippen LogP contribution in [-0.2, 0) is 11.3 Å². The van der Waals surface area contributed by atoms with Gasteiger partial charge in [-0.2, -0.15) is 0 Å². The monoisotopic (exact) mass is 481 g/mol. The molecule has 2 aromatic heterocycles. The summed E-state index contributed by atoms with van der Waals surface area (Å²) in [6.45, 7) is 1.28. The van der Waals surface area contributed by atoms with Crippen LogP contribution in [0.2, 0.25) is 0 Å². The molecular formula is C25H27N3O5S. The Hall–Kier alpha value is -3.59. The molecular weight excluding hydrogens is 454 g/mol. The average molecular weight is 482 g/mol. The summed E-state index contributed by atoms with van der Waals surface area (Å²) >= 11 is 1.42. The molecule has 1 aromatic carbocycles. The number of carbonyl (C=O) groups is 3. The van der Waals surface area contributed by atoms with Gasteiger partial charge >= 0.3 is 0 Å².